The maximum absolute atomic E-state index is 12.4. The summed E-state index contributed by atoms with van der Waals surface area (Å²) < 4.78 is 25.5. The Kier molecular flexibility index (Phi) is 2.22. The van der Waals surface area contributed by atoms with E-state index in [0.717, 1.165) is 0 Å². The lowest BCUT2D eigenvalue weighted by atomic mass is 10.3. The number of aromatic nitrogens is 3. The van der Waals surface area contributed by atoms with Crippen LogP contribution in [0.25, 0.3) is 11.4 Å². The van der Waals surface area contributed by atoms with Gasteiger partial charge in [0.1, 0.15) is 0 Å². The molecule has 0 aromatic carbocycles. The van der Waals surface area contributed by atoms with Crippen molar-refractivity contribution in [3.05, 3.63) is 36.7 Å². The molecule has 0 saturated heterocycles. The number of nitrogens with zero attached hydrogens (tertiary/aromatic N) is 3. The zero-order valence-electron chi connectivity index (χ0n) is 7.14. The largest absolute Gasteiger partial charge is 0.333 e. The second-order valence-corrected chi connectivity index (χ2v) is 2.65. The highest BCUT2D eigenvalue weighted by molar-refractivity contribution is 5.53. The van der Waals surface area contributed by atoms with Crippen molar-refractivity contribution in [2.75, 3.05) is 0 Å². The third kappa shape index (κ3) is 1.48. The molecule has 14 heavy (non-hydrogen) atoms. The summed E-state index contributed by atoms with van der Waals surface area (Å²) in [4.78, 5) is 3.97. The molecule has 5 heteroatoms. The van der Waals surface area contributed by atoms with Gasteiger partial charge in [-0.05, 0) is 18.2 Å². The Morgan fingerprint density at radius 3 is 2.64 bits per heavy atom. The molecule has 2 aromatic heterocycles. The molecular formula is C9H7F2N3. The van der Waals surface area contributed by atoms with Gasteiger partial charge in [0.2, 0.25) is 0 Å². The zero-order valence-corrected chi connectivity index (χ0v) is 7.14. The summed E-state index contributed by atoms with van der Waals surface area (Å²) in [5.41, 5.74) is 0.811. The monoisotopic (exact) mass is 195 g/mol. The molecule has 72 valence electrons. The number of pyridine rings is 1. The van der Waals surface area contributed by atoms with Crippen LogP contribution >= 0.6 is 0 Å². The normalized spacial score (nSPS) is 10.8. The van der Waals surface area contributed by atoms with Gasteiger partial charge in [-0.3, -0.25) is 4.98 Å². The van der Waals surface area contributed by atoms with Gasteiger partial charge in [0.25, 0.3) is 0 Å². The Balaban J connectivity index is 2.47. The van der Waals surface area contributed by atoms with Crippen LogP contribution in [0.5, 0.6) is 0 Å². The van der Waals surface area contributed by atoms with E-state index in [1.165, 1.54) is 12.3 Å². The predicted octanol–water partition coefficient (Wildman–Crippen LogP) is 2.34. The van der Waals surface area contributed by atoms with E-state index in [2.05, 4.69) is 10.1 Å². The van der Waals surface area contributed by atoms with Crippen molar-refractivity contribution in [2.24, 2.45) is 0 Å². The first-order valence-corrected chi connectivity index (χ1v) is 4.02. The molecule has 0 aliphatic heterocycles. The molecular weight excluding hydrogens is 188 g/mol. The topological polar surface area (TPSA) is 30.7 Å². The molecule has 3 nitrogen and oxygen atoms in total. The van der Waals surface area contributed by atoms with Gasteiger partial charge in [0.05, 0.1) is 11.4 Å². The van der Waals surface area contributed by atoms with Crippen molar-refractivity contribution in [3.8, 4) is 11.4 Å². The van der Waals surface area contributed by atoms with Crippen molar-refractivity contribution in [1.82, 2.24) is 14.8 Å². The van der Waals surface area contributed by atoms with Crippen LogP contribution in [0, 0.1) is 0 Å². The minimum absolute atomic E-state index is 0.320. The quantitative estimate of drug-likeness (QED) is 0.736. The molecule has 0 amide bonds. The molecule has 0 bridgehead atoms. The summed E-state index contributed by atoms with van der Waals surface area (Å²) in [7, 11) is 0. The SMILES string of the molecule is FC(F)n1nccc1-c1ccccn1. The van der Waals surface area contributed by atoms with Crippen LogP contribution in [0.4, 0.5) is 8.78 Å². The Labute approximate surface area is 79.0 Å². The van der Waals surface area contributed by atoms with Gasteiger partial charge in [0, 0.05) is 12.4 Å². The fraction of sp³-hybridized carbons (Fsp3) is 0.111. The van der Waals surface area contributed by atoms with Crippen molar-refractivity contribution in [1.29, 1.82) is 0 Å². The summed E-state index contributed by atoms with van der Waals surface area (Å²) in [5, 5.41) is 3.52. The zero-order chi connectivity index (χ0) is 9.97. The van der Waals surface area contributed by atoms with Gasteiger partial charge in [0.15, 0.2) is 0 Å². The van der Waals surface area contributed by atoms with Crippen molar-refractivity contribution < 1.29 is 8.78 Å². The summed E-state index contributed by atoms with van der Waals surface area (Å²) in [6, 6.07) is 6.64. The van der Waals surface area contributed by atoms with Crippen molar-refractivity contribution >= 4 is 0 Å². The molecule has 2 aromatic rings. The number of rotatable bonds is 2. The molecule has 0 N–H and O–H groups in total. The van der Waals surface area contributed by atoms with E-state index in [0.29, 0.717) is 16.1 Å². The van der Waals surface area contributed by atoms with E-state index in [1.54, 1.807) is 24.4 Å². The average Bonchev–Trinajstić information content (AvgIpc) is 2.67. The third-order valence-corrected chi connectivity index (χ3v) is 1.78. The second-order valence-electron chi connectivity index (χ2n) is 2.65. The van der Waals surface area contributed by atoms with Crippen LogP contribution in [0.1, 0.15) is 6.55 Å². The molecule has 0 unspecified atom stereocenters. The van der Waals surface area contributed by atoms with Gasteiger partial charge < -0.3 is 0 Å². The molecule has 2 heterocycles. The van der Waals surface area contributed by atoms with E-state index in [4.69, 9.17) is 0 Å². The highest BCUT2D eigenvalue weighted by atomic mass is 19.3. The van der Waals surface area contributed by atoms with Crippen LogP contribution in [0.2, 0.25) is 0 Å². The van der Waals surface area contributed by atoms with Gasteiger partial charge in [-0.25, -0.2) is 4.68 Å². The van der Waals surface area contributed by atoms with E-state index in [1.807, 2.05) is 0 Å². The summed E-state index contributed by atoms with van der Waals surface area (Å²) >= 11 is 0. The fourth-order valence-corrected chi connectivity index (χ4v) is 1.19. The summed E-state index contributed by atoms with van der Waals surface area (Å²) in [6.45, 7) is -2.64. The summed E-state index contributed by atoms with van der Waals surface area (Å²) in [6.07, 6.45) is 2.88. The van der Waals surface area contributed by atoms with Crippen LogP contribution in [-0.2, 0) is 0 Å². The predicted molar refractivity (Wildman–Crippen MR) is 46.7 cm³/mol. The lowest BCUT2D eigenvalue weighted by molar-refractivity contribution is 0.0584. The molecule has 0 atom stereocenters. The second kappa shape index (κ2) is 3.53. The standard InChI is InChI=1S/C9H7F2N3/c10-9(11)14-8(4-6-13-14)7-3-1-2-5-12-7/h1-6,9H. The molecule has 0 fully saturated rings. The van der Waals surface area contributed by atoms with Gasteiger partial charge in [-0.1, -0.05) is 6.07 Å². The number of halogens is 2. The Hall–Kier alpha value is -1.78. The first kappa shape index (κ1) is 8.80. The van der Waals surface area contributed by atoms with E-state index in [-0.39, 0.29) is 0 Å². The van der Waals surface area contributed by atoms with Crippen LogP contribution in [-0.4, -0.2) is 14.8 Å². The maximum Gasteiger partial charge on any atom is 0.333 e. The first-order chi connectivity index (χ1) is 6.79. The lowest BCUT2D eigenvalue weighted by Gasteiger charge is -2.04. The van der Waals surface area contributed by atoms with Gasteiger partial charge in [-0.2, -0.15) is 13.9 Å². The molecule has 0 aliphatic carbocycles. The number of alkyl halides is 2. The molecule has 0 aliphatic rings. The highest BCUT2D eigenvalue weighted by Gasteiger charge is 2.13. The highest BCUT2D eigenvalue weighted by Crippen LogP contribution is 2.20. The third-order valence-electron chi connectivity index (χ3n) is 1.78. The molecule has 0 radical (unpaired) electrons. The van der Waals surface area contributed by atoms with Crippen LogP contribution < -0.4 is 0 Å². The number of hydrogen-bond donors (Lipinski definition) is 0. The first-order valence-electron chi connectivity index (χ1n) is 4.02. The molecule has 0 saturated carbocycles. The molecule has 2 rings (SSSR count). The van der Waals surface area contributed by atoms with Crippen LogP contribution in [0.3, 0.4) is 0 Å². The Bertz CT molecular complexity index is 411. The Morgan fingerprint density at radius 1 is 1.14 bits per heavy atom. The van der Waals surface area contributed by atoms with Crippen molar-refractivity contribution in [3.63, 3.8) is 0 Å². The van der Waals surface area contributed by atoms with E-state index in [9.17, 15) is 8.78 Å². The minimum Gasteiger partial charge on any atom is -0.255 e. The Morgan fingerprint density at radius 2 is 2.00 bits per heavy atom. The van der Waals surface area contributed by atoms with E-state index >= 15 is 0 Å². The minimum atomic E-state index is -2.64. The van der Waals surface area contributed by atoms with Gasteiger partial charge >= 0.3 is 6.55 Å². The van der Waals surface area contributed by atoms with Crippen LogP contribution in [0.15, 0.2) is 36.7 Å². The number of hydrogen-bond acceptors (Lipinski definition) is 2. The van der Waals surface area contributed by atoms with Gasteiger partial charge in [-0.15, -0.1) is 0 Å². The summed E-state index contributed by atoms with van der Waals surface area (Å²) in [5.74, 6) is 0. The fourth-order valence-electron chi connectivity index (χ4n) is 1.19. The lowest BCUT2D eigenvalue weighted by Crippen LogP contribution is -2.02. The smallest absolute Gasteiger partial charge is 0.255 e. The maximum atomic E-state index is 12.4. The average molecular weight is 195 g/mol. The van der Waals surface area contributed by atoms with E-state index < -0.39 is 6.55 Å². The van der Waals surface area contributed by atoms with Crippen molar-refractivity contribution in [2.45, 2.75) is 6.55 Å². The molecule has 0 spiro atoms.